The first-order chi connectivity index (χ1) is 21.1. The lowest BCUT2D eigenvalue weighted by Gasteiger charge is -2.41. The third kappa shape index (κ3) is 19.6. The molecule has 1 rings (SSSR count). The third-order valence-corrected chi connectivity index (χ3v) is 8.25. The molecule has 0 radical (unpaired) electrons. The minimum Gasteiger partial charge on any atom is -0.457 e. The standard InChI is InChI=1S/C31H60O12S/c1-3-5-6-7-8-9-10-11-12-13-14-15-16-17-18-19-20-21-39-23-25(41-27(33)4-2)24-40-31-29(35)30(43-44(36,37)38)28(34)26(22-32)42-31/h25-26,28-32,34-35H,3-24H2,1-2H3,(H,36,37,38). The molecule has 0 aromatic rings. The minimum atomic E-state index is -5.03. The Bertz CT molecular complexity index is 811. The summed E-state index contributed by atoms with van der Waals surface area (Å²) in [5.41, 5.74) is 0. The maximum Gasteiger partial charge on any atom is 0.397 e. The van der Waals surface area contributed by atoms with Crippen LogP contribution in [0, 0.1) is 0 Å². The fraction of sp³-hybridized carbons (Fsp3) is 0.968. The third-order valence-electron chi connectivity index (χ3n) is 7.78. The summed E-state index contributed by atoms with van der Waals surface area (Å²) in [5, 5.41) is 30.0. The van der Waals surface area contributed by atoms with E-state index in [9.17, 15) is 28.5 Å². The molecule has 12 nitrogen and oxygen atoms in total. The Hall–Kier alpha value is -0.900. The van der Waals surface area contributed by atoms with Gasteiger partial charge in [0, 0.05) is 13.0 Å². The van der Waals surface area contributed by atoms with Gasteiger partial charge in [-0.1, -0.05) is 117 Å². The molecule has 0 aromatic heterocycles. The average Bonchev–Trinajstić information content (AvgIpc) is 2.99. The number of rotatable bonds is 28. The van der Waals surface area contributed by atoms with Crippen LogP contribution in [0.25, 0.3) is 0 Å². The van der Waals surface area contributed by atoms with Gasteiger partial charge in [-0.3, -0.25) is 9.35 Å². The number of aliphatic hydroxyl groups excluding tert-OH is 3. The number of aliphatic hydroxyl groups is 3. The SMILES string of the molecule is CCCCCCCCCCCCCCCCCCCOCC(COC1OC(CO)C(O)C(OS(=O)(=O)O)C1O)OC(=O)CC. The molecule has 13 heteroatoms. The maximum absolute atomic E-state index is 11.9. The Kier molecular flexibility index (Phi) is 23.6. The lowest BCUT2D eigenvalue weighted by Crippen LogP contribution is -2.60. The number of esters is 1. The largest absolute Gasteiger partial charge is 0.457 e. The van der Waals surface area contributed by atoms with E-state index in [2.05, 4.69) is 11.1 Å². The molecule has 1 heterocycles. The summed E-state index contributed by atoms with van der Waals surface area (Å²) in [6, 6.07) is 0. The maximum atomic E-state index is 11.9. The van der Waals surface area contributed by atoms with E-state index < -0.39 is 59.8 Å². The topological polar surface area (TPSA) is 178 Å². The lowest BCUT2D eigenvalue weighted by atomic mass is 9.99. The van der Waals surface area contributed by atoms with Crippen LogP contribution in [0.15, 0.2) is 0 Å². The van der Waals surface area contributed by atoms with E-state index in [1.54, 1.807) is 6.92 Å². The molecular weight excluding hydrogens is 596 g/mol. The van der Waals surface area contributed by atoms with Crippen LogP contribution < -0.4 is 0 Å². The number of unbranched alkanes of at least 4 members (excludes halogenated alkanes) is 16. The van der Waals surface area contributed by atoms with Crippen molar-refractivity contribution in [1.82, 2.24) is 0 Å². The van der Waals surface area contributed by atoms with Crippen molar-refractivity contribution in [3.05, 3.63) is 0 Å². The van der Waals surface area contributed by atoms with E-state index in [1.165, 1.54) is 89.9 Å². The first kappa shape index (κ1) is 41.1. The molecule has 0 saturated carbocycles. The van der Waals surface area contributed by atoms with E-state index in [4.69, 9.17) is 23.5 Å². The summed E-state index contributed by atoms with van der Waals surface area (Å²) >= 11 is 0. The highest BCUT2D eigenvalue weighted by molar-refractivity contribution is 7.80. The summed E-state index contributed by atoms with van der Waals surface area (Å²) in [6.07, 6.45) is 12.7. The molecule has 0 amide bonds. The second-order valence-corrected chi connectivity index (χ2v) is 12.8. The summed E-state index contributed by atoms with van der Waals surface area (Å²) in [7, 11) is -5.03. The second kappa shape index (κ2) is 25.2. The Morgan fingerprint density at radius 1 is 0.773 bits per heavy atom. The predicted octanol–water partition coefficient (Wildman–Crippen LogP) is 4.62. The highest BCUT2D eigenvalue weighted by Gasteiger charge is 2.48. The van der Waals surface area contributed by atoms with E-state index in [0.29, 0.717) is 6.61 Å². The van der Waals surface area contributed by atoms with Crippen molar-refractivity contribution in [3.63, 3.8) is 0 Å². The summed E-state index contributed by atoms with van der Waals surface area (Å²) in [4.78, 5) is 11.9. The summed E-state index contributed by atoms with van der Waals surface area (Å²) < 4.78 is 57.6. The molecular formula is C31H60O12S. The zero-order chi connectivity index (χ0) is 32.6. The van der Waals surface area contributed by atoms with Crippen molar-refractivity contribution in [3.8, 4) is 0 Å². The fourth-order valence-corrected chi connectivity index (χ4v) is 5.68. The van der Waals surface area contributed by atoms with Gasteiger partial charge in [0.2, 0.25) is 0 Å². The molecule has 0 aromatic carbocycles. The van der Waals surface area contributed by atoms with E-state index in [-0.39, 0.29) is 19.6 Å². The van der Waals surface area contributed by atoms with Crippen LogP contribution in [-0.2, 0) is 38.3 Å². The molecule has 6 atom stereocenters. The van der Waals surface area contributed by atoms with Crippen LogP contribution in [-0.4, -0.2) is 97.5 Å². The smallest absolute Gasteiger partial charge is 0.397 e. The van der Waals surface area contributed by atoms with Crippen LogP contribution in [0.3, 0.4) is 0 Å². The molecule has 4 N–H and O–H groups in total. The van der Waals surface area contributed by atoms with Crippen LogP contribution in [0.1, 0.15) is 129 Å². The van der Waals surface area contributed by atoms with Crippen LogP contribution >= 0.6 is 0 Å². The first-order valence-corrected chi connectivity index (χ1v) is 18.2. The van der Waals surface area contributed by atoms with Crippen molar-refractivity contribution in [2.24, 2.45) is 0 Å². The number of hydrogen-bond acceptors (Lipinski definition) is 11. The number of hydrogen-bond donors (Lipinski definition) is 4. The van der Waals surface area contributed by atoms with Crippen LogP contribution in [0.4, 0.5) is 0 Å². The number of ether oxygens (including phenoxy) is 4. The molecule has 1 fully saturated rings. The van der Waals surface area contributed by atoms with Gasteiger partial charge in [0.1, 0.15) is 30.5 Å². The van der Waals surface area contributed by atoms with Gasteiger partial charge in [0.25, 0.3) is 0 Å². The van der Waals surface area contributed by atoms with Crippen molar-refractivity contribution in [2.75, 3.05) is 26.4 Å². The van der Waals surface area contributed by atoms with Gasteiger partial charge >= 0.3 is 16.4 Å². The van der Waals surface area contributed by atoms with Gasteiger partial charge in [-0.25, -0.2) is 4.18 Å². The second-order valence-electron chi connectivity index (χ2n) is 11.7. The first-order valence-electron chi connectivity index (χ1n) is 16.8. The molecule has 44 heavy (non-hydrogen) atoms. The quantitative estimate of drug-likeness (QED) is 0.0523. The molecule has 6 unspecified atom stereocenters. The lowest BCUT2D eigenvalue weighted by molar-refractivity contribution is -0.301. The van der Waals surface area contributed by atoms with Crippen molar-refractivity contribution in [1.29, 1.82) is 0 Å². The van der Waals surface area contributed by atoms with E-state index in [0.717, 1.165) is 19.3 Å². The number of carbonyl (C=O) groups excluding carboxylic acids is 1. The number of carbonyl (C=O) groups is 1. The molecule has 1 saturated heterocycles. The fourth-order valence-electron chi connectivity index (χ4n) is 5.18. The highest BCUT2D eigenvalue weighted by Crippen LogP contribution is 2.26. The van der Waals surface area contributed by atoms with Gasteiger partial charge in [0.05, 0.1) is 19.8 Å². The van der Waals surface area contributed by atoms with Gasteiger partial charge in [-0.15, -0.1) is 0 Å². The zero-order valence-corrected chi connectivity index (χ0v) is 27.8. The van der Waals surface area contributed by atoms with Crippen molar-refractivity contribution < 1.29 is 56.2 Å². The Balaban J connectivity index is 2.22. The molecule has 0 bridgehead atoms. The molecule has 262 valence electrons. The Morgan fingerprint density at radius 3 is 1.73 bits per heavy atom. The normalized spacial score (nSPS) is 23.1. The monoisotopic (exact) mass is 656 g/mol. The van der Waals surface area contributed by atoms with Gasteiger partial charge < -0.3 is 34.3 Å². The molecule has 0 aliphatic carbocycles. The average molecular weight is 657 g/mol. The van der Waals surface area contributed by atoms with E-state index >= 15 is 0 Å². The molecule has 1 aliphatic heterocycles. The Labute approximate surface area is 265 Å². The zero-order valence-electron chi connectivity index (χ0n) is 27.0. The summed E-state index contributed by atoms with van der Waals surface area (Å²) in [6.45, 7) is 3.38. The Morgan fingerprint density at radius 2 is 1.27 bits per heavy atom. The highest BCUT2D eigenvalue weighted by atomic mass is 32.3. The van der Waals surface area contributed by atoms with Gasteiger partial charge in [0.15, 0.2) is 6.29 Å². The summed E-state index contributed by atoms with van der Waals surface area (Å²) in [5.74, 6) is -0.485. The minimum absolute atomic E-state index is 0.0322. The molecule has 0 spiro atoms. The van der Waals surface area contributed by atoms with Crippen molar-refractivity contribution >= 4 is 16.4 Å². The van der Waals surface area contributed by atoms with Crippen LogP contribution in [0.5, 0.6) is 0 Å². The molecule has 1 aliphatic rings. The van der Waals surface area contributed by atoms with Crippen molar-refractivity contribution in [2.45, 2.75) is 166 Å². The van der Waals surface area contributed by atoms with Crippen LogP contribution in [0.2, 0.25) is 0 Å². The van der Waals surface area contributed by atoms with Gasteiger partial charge in [-0.05, 0) is 6.42 Å². The van der Waals surface area contributed by atoms with E-state index in [1.807, 2.05) is 0 Å². The predicted molar refractivity (Wildman–Crippen MR) is 165 cm³/mol. The van der Waals surface area contributed by atoms with Gasteiger partial charge in [-0.2, -0.15) is 8.42 Å².